The molecule has 3 N–H and O–H groups in total. The number of hydrogen-bond donors (Lipinski definition) is 2. The van der Waals surface area contributed by atoms with Crippen LogP contribution in [0.2, 0.25) is 5.02 Å². The van der Waals surface area contributed by atoms with Gasteiger partial charge < -0.3 is 15.6 Å². The fourth-order valence-corrected chi connectivity index (χ4v) is 3.80. The van der Waals surface area contributed by atoms with Gasteiger partial charge in [0.05, 0.1) is 12.3 Å². The summed E-state index contributed by atoms with van der Waals surface area (Å²) >= 11 is 5.95. The lowest BCUT2D eigenvalue weighted by atomic mass is 9.84. The summed E-state index contributed by atoms with van der Waals surface area (Å²) in [7, 11) is 0. The van der Waals surface area contributed by atoms with Crippen LogP contribution >= 0.6 is 11.6 Å². The van der Waals surface area contributed by atoms with Crippen molar-refractivity contribution >= 4 is 34.6 Å². The average Bonchev–Trinajstić information content (AvgIpc) is 2.77. The zero-order chi connectivity index (χ0) is 25.3. The van der Waals surface area contributed by atoms with Crippen molar-refractivity contribution in [3.05, 3.63) is 46.5 Å². The van der Waals surface area contributed by atoms with Crippen molar-refractivity contribution in [1.82, 2.24) is 0 Å². The van der Waals surface area contributed by atoms with Crippen molar-refractivity contribution in [2.75, 3.05) is 12.3 Å². The summed E-state index contributed by atoms with van der Waals surface area (Å²) in [6, 6.07) is 8.63. The highest BCUT2D eigenvalue weighted by Gasteiger charge is 2.22. The molecule has 0 fully saturated rings. The predicted molar refractivity (Wildman–Crippen MR) is 139 cm³/mol. The zero-order valence-corrected chi connectivity index (χ0v) is 21.8. The van der Waals surface area contributed by atoms with Gasteiger partial charge in [0.15, 0.2) is 0 Å². The number of benzene rings is 2. The van der Waals surface area contributed by atoms with Crippen LogP contribution in [0, 0.1) is 5.92 Å². The number of aromatic hydroxyl groups is 1. The van der Waals surface area contributed by atoms with Crippen molar-refractivity contribution in [3.63, 3.8) is 0 Å². The summed E-state index contributed by atoms with van der Waals surface area (Å²) in [6.07, 6.45) is 5.13. The number of hydrogen-bond acceptors (Lipinski definition) is 6. The molecule has 0 aliphatic heterocycles. The molecule has 0 saturated heterocycles. The Morgan fingerprint density at radius 3 is 2.47 bits per heavy atom. The van der Waals surface area contributed by atoms with E-state index in [4.69, 9.17) is 22.1 Å². The lowest BCUT2D eigenvalue weighted by Crippen LogP contribution is -2.15. The molecule has 0 amide bonds. The van der Waals surface area contributed by atoms with Crippen LogP contribution < -0.4 is 5.73 Å². The van der Waals surface area contributed by atoms with E-state index in [1.165, 1.54) is 0 Å². The number of aryl methyl sites for hydroxylation is 1. The molecule has 2 rings (SSSR count). The van der Waals surface area contributed by atoms with Crippen LogP contribution in [0.3, 0.4) is 0 Å². The Morgan fingerprint density at radius 2 is 1.85 bits per heavy atom. The lowest BCUT2D eigenvalue weighted by Gasteiger charge is -2.22. The highest BCUT2D eigenvalue weighted by Crippen LogP contribution is 2.40. The van der Waals surface area contributed by atoms with E-state index < -0.39 is 0 Å². The molecule has 6 nitrogen and oxygen atoms in total. The van der Waals surface area contributed by atoms with E-state index in [2.05, 4.69) is 24.1 Å². The topological polar surface area (TPSA) is 97.3 Å². The molecule has 0 aliphatic carbocycles. The van der Waals surface area contributed by atoms with Crippen molar-refractivity contribution in [2.24, 2.45) is 16.1 Å². The molecular formula is C27H38ClN3O3. The fourth-order valence-electron chi connectivity index (χ4n) is 3.62. The number of ether oxygens (including phenoxy) is 1. The van der Waals surface area contributed by atoms with Gasteiger partial charge in [0.25, 0.3) is 0 Å². The minimum absolute atomic E-state index is 0.0665. The predicted octanol–water partition coefficient (Wildman–Crippen LogP) is 8.03. The number of unbranched alkanes of at least 4 members (excludes halogenated alkanes) is 1. The Balaban J connectivity index is 2.18. The molecule has 186 valence electrons. The van der Waals surface area contributed by atoms with E-state index in [9.17, 15) is 9.90 Å². The van der Waals surface area contributed by atoms with Crippen LogP contribution in [-0.4, -0.2) is 17.7 Å². The molecule has 0 aromatic heterocycles. The summed E-state index contributed by atoms with van der Waals surface area (Å²) in [5.74, 6) is 0.270. The van der Waals surface area contributed by atoms with E-state index in [1.807, 2.05) is 26.8 Å². The second-order valence-corrected chi connectivity index (χ2v) is 10.2. The summed E-state index contributed by atoms with van der Waals surface area (Å²) in [5.41, 5.74) is 8.46. The van der Waals surface area contributed by atoms with Crippen LogP contribution in [0.1, 0.15) is 77.8 Å². The highest BCUT2D eigenvalue weighted by molar-refractivity contribution is 6.31. The number of nitrogens with zero attached hydrogens (tertiary/aromatic N) is 2. The van der Waals surface area contributed by atoms with Gasteiger partial charge in [-0.3, -0.25) is 4.79 Å². The van der Waals surface area contributed by atoms with Crippen molar-refractivity contribution < 1.29 is 14.6 Å². The van der Waals surface area contributed by atoms with E-state index in [1.54, 1.807) is 24.3 Å². The van der Waals surface area contributed by atoms with E-state index >= 15 is 0 Å². The third-order valence-electron chi connectivity index (χ3n) is 5.85. The largest absolute Gasteiger partial charge is 0.505 e. The molecule has 0 aliphatic rings. The minimum Gasteiger partial charge on any atom is -0.505 e. The first-order valence-corrected chi connectivity index (χ1v) is 12.4. The number of nitrogen functional groups attached to an aromatic ring is 1. The van der Waals surface area contributed by atoms with Crippen LogP contribution in [-0.2, 0) is 21.4 Å². The quantitative estimate of drug-likeness (QED) is 0.190. The minimum atomic E-state index is -0.322. The summed E-state index contributed by atoms with van der Waals surface area (Å²) in [5, 5.41) is 19.8. The van der Waals surface area contributed by atoms with Gasteiger partial charge in [-0.2, -0.15) is 0 Å². The molecule has 1 unspecified atom stereocenters. The van der Waals surface area contributed by atoms with Crippen LogP contribution in [0.5, 0.6) is 5.75 Å². The number of phenols is 1. The number of azo groups is 1. The van der Waals surface area contributed by atoms with Crippen LogP contribution in [0.25, 0.3) is 0 Å². The average molecular weight is 488 g/mol. The maximum atomic E-state index is 12.4. The standard InChI is InChI=1S/C27H38ClN3O3/c1-6-8-9-18(7-2)17-34-25(32)13-10-19-14-21(27(3,4)5)26(33)24(15-19)31-30-23-12-11-20(28)16-22(23)29/h11-12,14-16,18,33H,6-10,13,17,29H2,1-5H3. The third-order valence-corrected chi connectivity index (χ3v) is 6.09. The van der Waals surface area contributed by atoms with Crippen molar-refractivity contribution in [1.29, 1.82) is 0 Å². The Labute approximate surface area is 208 Å². The fraction of sp³-hybridized carbons (Fsp3) is 0.519. The van der Waals surface area contributed by atoms with Gasteiger partial charge in [0.1, 0.15) is 17.1 Å². The van der Waals surface area contributed by atoms with E-state index in [0.717, 1.165) is 36.8 Å². The number of rotatable bonds is 11. The number of nitrogens with two attached hydrogens (primary N) is 1. The molecular weight excluding hydrogens is 450 g/mol. The lowest BCUT2D eigenvalue weighted by molar-refractivity contribution is -0.145. The van der Waals surface area contributed by atoms with Gasteiger partial charge in [0, 0.05) is 17.0 Å². The first-order valence-electron chi connectivity index (χ1n) is 12.0. The highest BCUT2D eigenvalue weighted by atomic mass is 35.5. The van der Waals surface area contributed by atoms with Gasteiger partial charge in [-0.05, 0) is 54.0 Å². The molecule has 2 aromatic rings. The van der Waals surface area contributed by atoms with Crippen molar-refractivity contribution in [3.8, 4) is 5.75 Å². The molecule has 1 atom stereocenters. The third kappa shape index (κ3) is 8.32. The van der Waals surface area contributed by atoms with E-state index in [0.29, 0.717) is 41.0 Å². The number of carbonyl (C=O) groups excluding carboxylic acids is 1. The second kappa shape index (κ2) is 12.7. The number of carbonyl (C=O) groups is 1. The van der Waals surface area contributed by atoms with Gasteiger partial charge >= 0.3 is 5.97 Å². The SMILES string of the molecule is CCCCC(CC)COC(=O)CCc1cc(N=Nc2ccc(Cl)cc2N)c(O)c(C(C)(C)C)c1. The smallest absolute Gasteiger partial charge is 0.306 e. The molecule has 0 heterocycles. The Morgan fingerprint density at radius 1 is 1.15 bits per heavy atom. The number of halogens is 1. The maximum Gasteiger partial charge on any atom is 0.306 e. The van der Waals surface area contributed by atoms with Crippen molar-refractivity contribution in [2.45, 2.75) is 78.6 Å². The summed E-state index contributed by atoms with van der Waals surface area (Å²) in [6.45, 7) is 10.8. The van der Waals surface area contributed by atoms with Gasteiger partial charge in [-0.25, -0.2) is 0 Å². The van der Waals surface area contributed by atoms with Crippen LogP contribution in [0.15, 0.2) is 40.6 Å². The first kappa shape index (κ1) is 27.6. The van der Waals surface area contributed by atoms with Gasteiger partial charge in [0.2, 0.25) is 0 Å². The summed E-state index contributed by atoms with van der Waals surface area (Å²) < 4.78 is 5.54. The zero-order valence-electron chi connectivity index (χ0n) is 21.0. The Kier molecular flexibility index (Phi) is 10.4. The molecule has 2 aromatic carbocycles. The number of phenolic OH excluding ortho intramolecular Hbond substituents is 1. The number of esters is 1. The normalized spacial score (nSPS) is 12.8. The van der Waals surface area contributed by atoms with Gasteiger partial charge in [-0.15, -0.1) is 10.2 Å². The van der Waals surface area contributed by atoms with Crippen LogP contribution in [0.4, 0.5) is 17.1 Å². The molecule has 0 spiro atoms. The monoisotopic (exact) mass is 487 g/mol. The molecule has 0 radical (unpaired) electrons. The van der Waals surface area contributed by atoms with Gasteiger partial charge in [-0.1, -0.05) is 71.5 Å². The first-order chi connectivity index (χ1) is 16.0. The molecule has 34 heavy (non-hydrogen) atoms. The molecule has 7 heteroatoms. The summed E-state index contributed by atoms with van der Waals surface area (Å²) in [4.78, 5) is 12.4. The molecule has 0 saturated carbocycles. The van der Waals surface area contributed by atoms with E-state index in [-0.39, 0.29) is 23.6 Å². The molecule has 0 bridgehead atoms. The number of anilines is 1. The Hall–Kier alpha value is -2.60. The Bertz CT molecular complexity index is 999. The second-order valence-electron chi connectivity index (χ2n) is 9.76. The maximum absolute atomic E-state index is 12.4.